The molecule has 32 heavy (non-hydrogen) atoms. The Labute approximate surface area is 188 Å². The van der Waals surface area contributed by atoms with E-state index in [-0.39, 0.29) is 30.1 Å². The zero-order chi connectivity index (χ0) is 23.3. The number of aromatic nitrogens is 1. The van der Waals surface area contributed by atoms with Gasteiger partial charge in [0.1, 0.15) is 11.6 Å². The molecular weight excluding hydrogens is 404 g/mol. The molecule has 0 atom stereocenters. The number of benzene rings is 2. The molecule has 0 aliphatic heterocycles. The Kier molecular flexibility index (Phi) is 7.10. The molecule has 0 spiro atoms. The number of nitrogens with one attached hydrogen (secondary N) is 2. The highest BCUT2D eigenvalue weighted by molar-refractivity contribution is 5.99. The number of hydrogen-bond donors (Lipinski definition) is 3. The van der Waals surface area contributed by atoms with Crippen LogP contribution in [0.25, 0.3) is 11.1 Å². The van der Waals surface area contributed by atoms with Crippen molar-refractivity contribution in [1.29, 1.82) is 0 Å². The molecule has 1 heterocycles. The Morgan fingerprint density at radius 1 is 1.12 bits per heavy atom. The lowest BCUT2D eigenvalue weighted by Crippen LogP contribution is -2.30. The molecule has 0 aliphatic carbocycles. The van der Waals surface area contributed by atoms with E-state index in [9.17, 15) is 9.59 Å². The molecule has 3 rings (SSSR count). The first kappa shape index (κ1) is 22.8. The third kappa shape index (κ3) is 5.43. The zero-order valence-corrected chi connectivity index (χ0v) is 18.7. The summed E-state index contributed by atoms with van der Waals surface area (Å²) in [5, 5.41) is 5.76. The molecule has 0 saturated heterocycles. The summed E-state index contributed by atoms with van der Waals surface area (Å²) in [6, 6.07) is 14.8. The molecule has 0 radical (unpaired) electrons. The number of anilines is 2. The van der Waals surface area contributed by atoms with Crippen molar-refractivity contribution < 1.29 is 14.3 Å². The van der Waals surface area contributed by atoms with Crippen molar-refractivity contribution in [3.63, 3.8) is 0 Å². The lowest BCUT2D eigenvalue weighted by Gasteiger charge is -2.13. The van der Waals surface area contributed by atoms with Crippen LogP contribution in [-0.2, 0) is 11.2 Å². The molecule has 0 aliphatic rings. The number of pyridine rings is 1. The van der Waals surface area contributed by atoms with E-state index in [0.29, 0.717) is 17.0 Å². The van der Waals surface area contributed by atoms with Crippen LogP contribution in [0.2, 0.25) is 0 Å². The van der Waals surface area contributed by atoms with Gasteiger partial charge in [0.05, 0.1) is 19.1 Å². The van der Waals surface area contributed by atoms with Crippen LogP contribution in [0, 0.1) is 6.92 Å². The van der Waals surface area contributed by atoms with Gasteiger partial charge in [0.25, 0.3) is 5.91 Å². The summed E-state index contributed by atoms with van der Waals surface area (Å²) >= 11 is 0. The number of amides is 2. The van der Waals surface area contributed by atoms with E-state index in [1.165, 1.54) is 0 Å². The first-order chi connectivity index (χ1) is 15.3. The van der Waals surface area contributed by atoms with Crippen molar-refractivity contribution in [2.24, 2.45) is 0 Å². The molecule has 0 saturated carbocycles. The second kappa shape index (κ2) is 9.96. The van der Waals surface area contributed by atoms with E-state index in [1.54, 1.807) is 19.4 Å². The molecule has 0 unspecified atom stereocenters. The topological polar surface area (TPSA) is 106 Å². The van der Waals surface area contributed by atoms with Crippen molar-refractivity contribution in [3.8, 4) is 16.9 Å². The van der Waals surface area contributed by atoms with Gasteiger partial charge in [0.15, 0.2) is 0 Å². The maximum absolute atomic E-state index is 12.5. The van der Waals surface area contributed by atoms with Crippen molar-refractivity contribution in [1.82, 2.24) is 10.3 Å². The van der Waals surface area contributed by atoms with Crippen molar-refractivity contribution in [2.75, 3.05) is 18.2 Å². The summed E-state index contributed by atoms with van der Waals surface area (Å²) in [5.41, 5.74) is 10.4. The monoisotopic (exact) mass is 432 g/mol. The number of carbonyl (C=O) groups is 2. The molecule has 1 aromatic heterocycles. The fraction of sp³-hybridized carbons (Fsp3) is 0.240. The summed E-state index contributed by atoms with van der Waals surface area (Å²) in [7, 11) is 1.59. The molecule has 4 N–H and O–H groups in total. The smallest absolute Gasteiger partial charge is 0.255 e. The number of nitrogen functional groups attached to an aromatic ring is 1. The van der Waals surface area contributed by atoms with Crippen LogP contribution in [-0.4, -0.2) is 29.9 Å². The lowest BCUT2D eigenvalue weighted by atomic mass is 9.99. The molecule has 2 aromatic carbocycles. The van der Waals surface area contributed by atoms with Gasteiger partial charge in [-0.1, -0.05) is 24.3 Å². The Morgan fingerprint density at radius 3 is 2.56 bits per heavy atom. The lowest BCUT2D eigenvalue weighted by molar-refractivity contribution is -0.115. The van der Waals surface area contributed by atoms with Gasteiger partial charge in [-0.25, -0.2) is 4.98 Å². The van der Waals surface area contributed by atoms with E-state index < -0.39 is 0 Å². The molecular formula is C25H28N4O3. The number of methoxy groups -OCH3 is 1. The molecule has 3 aromatic rings. The van der Waals surface area contributed by atoms with Gasteiger partial charge in [-0.05, 0) is 56.2 Å². The summed E-state index contributed by atoms with van der Waals surface area (Å²) < 4.78 is 5.31. The fourth-order valence-electron chi connectivity index (χ4n) is 3.44. The number of nitrogens with zero attached hydrogens (tertiary/aromatic N) is 1. The highest BCUT2D eigenvalue weighted by atomic mass is 16.5. The number of carbonyl (C=O) groups excluding carboxylic acids is 2. The quantitative estimate of drug-likeness (QED) is 0.524. The number of nitrogens with two attached hydrogens (primary N) is 1. The van der Waals surface area contributed by atoms with Crippen molar-refractivity contribution in [2.45, 2.75) is 33.2 Å². The van der Waals surface area contributed by atoms with Gasteiger partial charge in [0.2, 0.25) is 5.91 Å². The second-order valence-corrected chi connectivity index (χ2v) is 7.85. The van der Waals surface area contributed by atoms with Crippen molar-refractivity contribution >= 4 is 23.3 Å². The summed E-state index contributed by atoms with van der Waals surface area (Å²) in [6.45, 7) is 5.71. The average molecular weight is 433 g/mol. The van der Waals surface area contributed by atoms with Gasteiger partial charge < -0.3 is 21.1 Å². The Morgan fingerprint density at radius 2 is 1.88 bits per heavy atom. The molecule has 0 fully saturated rings. The van der Waals surface area contributed by atoms with Crippen molar-refractivity contribution in [3.05, 3.63) is 71.4 Å². The molecule has 166 valence electrons. The summed E-state index contributed by atoms with van der Waals surface area (Å²) in [6.07, 6.45) is 1.85. The average Bonchev–Trinajstić information content (AvgIpc) is 2.74. The molecule has 7 heteroatoms. The van der Waals surface area contributed by atoms with E-state index in [0.717, 1.165) is 22.3 Å². The maximum atomic E-state index is 12.5. The molecule has 7 nitrogen and oxygen atoms in total. The number of aryl methyl sites for hydroxylation is 1. The van der Waals surface area contributed by atoms with Crippen LogP contribution in [0.5, 0.6) is 5.75 Å². The second-order valence-electron chi connectivity index (χ2n) is 7.85. The zero-order valence-electron chi connectivity index (χ0n) is 18.7. The summed E-state index contributed by atoms with van der Waals surface area (Å²) in [4.78, 5) is 29.1. The minimum absolute atomic E-state index is 0.00830. The van der Waals surface area contributed by atoms with E-state index >= 15 is 0 Å². The third-order valence-electron chi connectivity index (χ3n) is 4.95. The normalized spacial score (nSPS) is 10.7. The van der Waals surface area contributed by atoms with Crippen LogP contribution in [0.4, 0.5) is 11.5 Å². The Bertz CT molecular complexity index is 1140. The van der Waals surface area contributed by atoms with Crippen LogP contribution >= 0.6 is 0 Å². The maximum Gasteiger partial charge on any atom is 0.255 e. The SMILES string of the molecule is COc1ccccc1CC(=O)Nc1ccc(-c2cnc(N)c(C(=O)NC(C)C)c2)c(C)c1. The van der Waals surface area contributed by atoms with Gasteiger partial charge in [-0.2, -0.15) is 0 Å². The van der Waals surface area contributed by atoms with E-state index in [4.69, 9.17) is 10.5 Å². The predicted molar refractivity (Wildman–Crippen MR) is 127 cm³/mol. The fourth-order valence-corrected chi connectivity index (χ4v) is 3.44. The molecule has 2 amide bonds. The minimum atomic E-state index is -0.260. The number of hydrogen-bond acceptors (Lipinski definition) is 5. The van der Waals surface area contributed by atoms with Gasteiger partial charge >= 0.3 is 0 Å². The highest BCUT2D eigenvalue weighted by Gasteiger charge is 2.15. The van der Waals surface area contributed by atoms with Gasteiger partial charge in [-0.3, -0.25) is 9.59 Å². The Hall–Kier alpha value is -3.87. The van der Waals surface area contributed by atoms with Gasteiger partial charge in [0, 0.05) is 29.1 Å². The molecule has 0 bridgehead atoms. The standard InChI is InChI=1S/C25H28N4O3/c1-15(2)28-25(31)21-12-18(14-27-24(21)26)20-10-9-19(11-16(20)3)29-23(30)13-17-7-5-6-8-22(17)32-4/h5-12,14-15H,13H2,1-4H3,(H2,26,27)(H,28,31)(H,29,30). The first-order valence-corrected chi connectivity index (χ1v) is 10.4. The highest BCUT2D eigenvalue weighted by Crippen LogP contribution is 2.28. The van der Waals surface area contributed by atoms with E-state index in [2.05, 4.69) is 15.6 Å². The predicted octanol–water partition coefficient (Wildman–Crippen LogP) is 3.97. The number of ether oxygens (including phenoxy) is 1. The van der Waals surface area contributed by atoms with Crippen LogP contribution in [0.3, 0.4) is 0 Å². The number of rotatable bonds is 7. The number of para-hydroxylation sites is 1. The van der Waals surface area contributed by atoms with Crippen LogP contribution in [0.1, 0.15) is 35.3 Å². The minimum Gasteiger partial charge on any atom is -0.496 e. The Balaban J connectivity index is 1.78. The van der Waals surface area contributed by atoms with Crippen LogP contribution in [0.15, 0.2) is 54.7 Å². The first-order valence-electron chi connectivity index (χ1n) is 10.4. The summed E-state index contributed by atoms with van der Waals surface area (Å²) in [5.74, 6) is 0.472. The third-order valence-corrected chi connectivity index (χ3v) is 4.95. The largest absolute Gasteiger partial charge is 0.496 e. The van der Waals surface area contributed by atoms with Gasteiger partial charge in [-0.15, -0.1) is 0 Å². The van der Waals surface area contributed by atoms with Crippen LogP contribution < -0.4 is 21.1 Å². The van der Waals surface area contributed by atoms with E-state index in [1.807, 2.05) is 63.2 Å².